The van der Waals surface area contributed by atoms with Gasteiger partial charge in [0, 0.05) is 39.3 Å². The fourth-order valence-corrected chi connectivity index (χ4v) is 3.75. The standard InChI is InChI=1S/C19H34N4S.HI/c1-19(2,3)9-5-10-21-18(20-4)22-17-6-11-23(12-7-17)14-16-8-13-24-15-16;/h8,13,15,17H,5-7,9-12,14H2,1-4H3,(H2,20,21,22);1H. The van der Waals surface area contributed by atoms with Crippen LogP contribution in [0, 0.1) is 5.41 Å². The lowest BCUT2D eigenvalue weighted by atomic mass is 9.91. The van der Waals surface area contributed by atoms with Crippen molar-refractivity contribution >= 4 is 41.3 Å². The predicted octanol–water partition coefficient (Wildman–Crippen LogP) is 4.32. The number of hydrogen-bond acceptors (Lipinski definition) is 3. The van der Waals surface area contributed by atoms with Crippen LogP contribution in [0.25, 0.3) is 0 Å². The van der Waals surface area contributed by atoms with E-state index in [-0.39, 0.29) is 24.0 Å². The molecule has 25 heavy (non-hydrogen) atoms. The second-order valence-corrected chi connectivity index (χ2v) is 8.77. The van der Waals surface area contributed by atoms with Crippen LogP contribution in [-0.2, 0) is 6.54 Å². The van der Waals surface area contributed by atoms with Crippen molar-refractivity contribution in [3.8, 4) is 0 Å². The van der Waals surface area contributed by atoms with Crippen LogP contribution in [0.15, 0.2) is 21.8 Å². The molecule has 2 rings (SSSR count). The Morgan fingerprint density at radius 3 is 2.60 bits per heavy atom. The Labute approximate surface area is 174 Å². The van der Waals surface area contributed by atoms with Crippen LogP contribution in [0.1, 0.15) is 52.0 Å². The van der Waals surface area contributed by atoms with E-state index in [1.54, 1.807) is 11.3 Å². The number of piperidine rings is 1. The van der Waals surface area contributed by atoms with E-state index in [4.69, 9.17) is 0 Å². The summed E-state index contributed by atoms with van der Waals surface area (Å²) in [4.78, 5) is 6.93. The van der Waals surface area contributed by atoms with E-state index in [0.29, 0.717) is 11.5 Å². The van der Waals surface area contributed by atoms with Crippen LogP contribution < -0.4 is 10.6 Å². The highest BCUT2D eigenvalue weighted by Crippen LogP contribution is 2.19. The van der Waals surface area contributed by atoms with E-state index in [1.165, 1.54) is 31.2 Å². The number of thiophene rings is 1. The quantitative estimate of drug-likeness (QED) is 0.277. The molecule has 0 amide bonds. The van der Waals surface area contributed by atoms with Crippen molar-refractivity contribution < 1.29 is 0 Å². The van der Waals surface area contributed by atoms with E-state index in [1.807, 2.05) is 7.05 Å². The third-order valence-electron chi connectivity index (χ3n) is 4.53. The van der Waals surface area contributed by atoms with Crippen molar-refractivity contribution in [3.63, 3.8) is 0 Å². The highest BCUT2D eigenvalue weighted by Gasteiger charge is 2.20. The average molecular weight is 478 g/mol. The molecule has 0 saturated carbocycles. The molecule has 0 aliphatic carbocycles. The average Bonchev–Trinajstić information content (AvgIpc) is 3.04. The first-order valence-corrected chi connectivity index (χ1v) is 10.1. The number of aliphatic imine (C=N–C) groups is 1. The lowest BCUT2D eigenvalue weighted by Gasteiger charge is -2.33. The Kier molecular flexibility index (Phi) is 10.3. The van der Waals surface area contributed by atoms with Crippen LogP contribution in [0.5, 0.6) is 0 Å². The maximum absolute atomic E-state index is 4.38. The zero-order valence-electron chi connectivity index (χ0n) is 16.2. The van der Waals surface area contributed by atoms with Gasteiger partial charge in [-0.05, 0) is 53.5 Å². The minimum absolute atomic E-state index is 0. The lowest BCUT2D eigenvalue weighted by Crippen LogP contribution is -2.48. The van der Waals surface area contributed by atoms with Gasteiger partial charge in [0.2, 0.25) is 0 Å². The minimum Gasteiger partial charge on any atom is -0.356 e. The molecule has 0 spiro atoms. The molecule has 2 N–H and O–H groups in total. The summed E-state index contributed by atoms with van der Waals surface area (Å²) in [6, 6.07) is 2.77. The van der Waals surface area contributed by atoms with Crippen molar-refractivity contribution in [3.05, 3.63) is 22.4 Å². The Hall–Kier alpha value is -0.340. The maximum Gasteiger partial charge on any atom is 0.191 e. The molecule has 1 aromatic rings. The van der Waals surface area contributed by atoms with E-state index >= 15 is 0 Å². The fourth-order valence-electron chi connectivity index (χ4n) is 3.09. The van der Waals surface area contributed by atoms with Gasteiger partial charge < -0.3 is 10.6 Å². The number of nitrogens with one attached hydrogen (secondary N) is 2. The Morgan fingerprint density at radius 2 is 2.04 bits per heavy atom. The molecule has 144 valence electrons. The summed E-state index contributed by atoms with van der Waals surface area (Å²) in [5.41, 5.74) is 1.86. The normalized spacial score (nSPS) is 17.2. The molecule has 1 fully saturated rings. The van der Waals surface area contributed by atoms with Crippen molar-refractivity contribution in [2.75, 3.05) is 26.7 Å². The molecule has 0 unspecified atom stereocenters. The molecule has 1 aliphatic rings. The molecule has 0 radical (unpaired) electrons. The summed E-state index contributed by atoms with van der Waals surface area (Å²) in [6.45, 7) is 11.3. The first kappa shape index (κ1) is 22.7. The Balaban J connectivity index is 0.00000312. The number of rotatable bonds is 6. The summed E-state index contributed by atoms with van der Waals surface area (Å²) < 4.78 is 0. The first-order valence-electron chi connectivity index (χ1n) is 9.17. The van der Waals surface area contributed by atoms with Gasteiger partial charge in [0.05, 0.1) is 0 Å². The minimum atomic E-state index is 0. The Bertz CT molecular complexity index is 488. The SMILES string of the molecule is CN=C(NCCCC(C)(C)C)NC1CCN(Cc2ccsc2)CC1.I. The number of hydrogen-bond donors (Lipinski definition) is 2. The van der Waals surface area contributed by atoms with Crippen LogP contribution in [0.3, 0.4) is 0 Å². The van der Waals surface area contributed by atoms with Crippen molar-refractivity contribution in [2.45, 2.75) is 59.0 Å². The summed E-state index contributed by atoms with van der Waals surface area (Å²) in [5, 5.41) is 11.5. The van der Waals surface area contributed by atoms with Gasteiger partial charge in [-0.3, -0.25) is 9.89 Å². The molecule has 0 atom stereocenters. The zero-order chi connectivity index (χ0) is 17.4. The third kappa shape index (κ3) is 9.24. The molecular weight excluding hydrogens is 443 g/mol. The summed E-state index contributed by atoms with van der Waals surface area (Å²) in [7, 11) is 1.87. The second-order valence-electron chi connectivity index (χ2n) is 7.99. The largest absolute Gasteiger partial charge is 0.356 e. The fraction of sp³-hybridized carbons (Fsp3) is 0.737. The smallest absolute Gasteiger partial charge is 0.191 e. The third-order valence-corrected chi connectivity index (χ3v) is 5.27. The first-order chi connectivity index (χ1) is 11.5. The summed E-state index contributed by atoms with van der Waals surface area (Å²) in [5.74, 6) is 0.959. The van der Waals surface area contributed by atoms with Gasteiger partial charge in [-0.25, -0.2) is 0 Å². The molecule has 4 nitrogen and oxygen atoms in total. The molecule has 1 saturated heterocycles. The number of halogens is 1. The van der Waals surface area contributed by atoms with E-state index in [2.05, 4.69) is 58.1 Å². The topological polar surface area (TPSA) is 39.7 Å². The van der Waals surface area contributed by atoms with Crippen molar-refractivity contribution in [1.29, 1.82) is 0 Å². The van der Waals surface area contributed by atoms with Gasteiger partial charge in [0.15, 0.2) is 5.96 Å². The van der Waals surface area contributed by atoms with E-state index in [9.17, 15) is 0 Å². The van der Waals surface area contributed by atoms with Crippen LogP contribution in [0.4, 0.5) is 0 Å². The lowest BCUT2D eigenvalue weighted by molar-refractivity contribution is 0.198. The molecular formula is C19H35IN4S. The van der Waals surface area contributed by atoms with Gasteiger partial charge in [-0.15, -0.1) is 24.0 Å². The number of likely N-dealkylation sites (tertiary alicyclic amines) is 1. The molecule has 2 heterocycles. The molecule has 1 aliphatic heterocycles. The molecule has 6 heteroatoms. The van der Waals surface area contributed by atoms with Crippen LogP contribution in [0.2, 0.25) is 0 Å². The zero-order valence-corrected chi connectivity index (χ0v) is 19.3. The van der Waals surface area contributed by atoms with Crippen LogP contribution in [-0.4, -0.2) is 43.6 Å². The molecule has 1 aromatic heterocycles. The van der Waals surface area contributed by atoms with Gasteiger partial charge in [-0.2, -0.15) is 11.3 Å². The molecule has 0 aromatic carbocycles. The van der Waals surface area contributed by atoms with E-state index in [0.717, 1.165) is 32.1 Å². The Morgan fingerprint density at radius 1 is 1.32 bits per heavy atom. The number of nitrogens with zero attached hydrogens (tertiary/aromatic N) is 2. The van der Waals surface area contributed by atoms with Crippen molar-refractivity contribution in [1.82, 2.24) is 15.5 Å². The van der Waals surface area contributed by atoms with E-state index < -0.39 is 0 Å². The van der Waals surface area contributed by atoms with Crippen LogP contribution >= 0.6 is 35.3 Å². The van der Waals surface area contributed by atoms with Gasteiger partial charge in [0.1, 0.15) is 0 Å². The highest BCUT2D eigenvalue weighted by molar-refractivity contribution is 14.0. The predicted molar refractivity (Wildman–Crippen MR) is 121 cm³/mol. The monoisotopic (exact) mass is 478 g/mol. The van der Waals surface area contributed by atoms with Gasteiger partial charge in [-0.1, -0.05) is 20.8 Å². The second kappa shape index (κ2) is 11.4. The molecule has 0 bridgehead atoms. The van der Waals surface area contributed by atoms with Crippen molar-refractivity contribution in [2.24, 2.45) is 10.4 Å². The summed E-state index contributed by atoms with van der Waals surface area (Å²) in [6.07, 6.45) is 4.79. The highest BCUT2D eigenvalue weighted by atomic mass is 127. The van der Waals surface area contributed by atoms with Gasteiger partial charge >= 0.3 is 0 Å². The summed E-state index contributed by atoms with van der Waals surface area (Å²) >= 11 is 1.79. The maximum atomic E-state index is 4.38. The van der Waals surface area contributed by atoms with Gasteiger partial charge in [0.25, 0.3) is 0 Å². The number of guanidine groups is 1.